The fourth-order valence-corrected chi connectivity index (χ4v) is 3.02. The predicted molar refractivity (Wildman–Crippen MR) is 79.8 cm³/mol. The highest BCUT2D eigenvalue weighted by molar-refractivity contribution is 5.78. The number of carbonyl (C=O) groups excluding carboxylic acids is 1. The highest BCUT2D eigenvalue weighted by atomic mass is 16.8. The van der Waals surface area contributed by atoms with E-state index in [0.717, 1.165) is 10.3 Å². The average Bonchev–Trinajstić information content (AvgIpc) is 3.04. The molecule has 9 nitrogen and oxygen atoms in total. The Bertz CT molecular complexity index is 676. The van der Waals surface area contributed by atoms with Crippen molar-refractivity contribution < 1.29 is 29.7 Å². The normalized spacial score (nSPS) is 33.2. The largest absolute Gasteiger partial charge is 0.394 e. The van der Waals surface area contributed by atoms with Crippen molar-refractivity contribution >= 4 is 5.91 Å². The molecule has 2 aliphatic heterocycles. The van der Waals surface area contributed by atoms with Crippen LogP contribution >= 0.6 is 0 Å². The van der Waals surface area contributed by atoms with Crippen LogP contribution in [0.4, 0.5) is 0 Å². The Kier molecular flexibility index (Phi) is 4.59. The summed E-state index contributed by atoms with van der Waals surface area (Å²) in [5.41, 5.74) is 0.234. The Hall–Kier alpha value is -1.94. The van der Waals surface area contributed by atoms with Gasteiger partial charge >= 0.3 is 0 Å². The lowest BCUT2D eigenvalue weighted by atomic mass is 10.1. The van der Waals surface area contributed by atoms with Gasteiger partial charge in [-0.3, -0.25) is 9.59 Å². The topological polar surface area (TPSA) is 121 Å². The zero-order chi connectivity index (χ0) is 17.4. The van der Waals surface area contributed by atoms with Gasteiger partial charge < -0.3 is 29.8 Å². The number of aromatic nitrogens is 1. The van der Waals surface area contributed by atoms with Crippen LogP contribution in [0.1, 0.15) is 24.4 Å². The van der Waals surface area contributed by atoms with Crippen LogP contribution in [0.2, 0.25) is 0 Å². The Balaban J connectivity index is 1.80. The second-order valence-electron chi connectivity index (χ2n) is 6.00. The molecule has 0 saturated carbocycles. The molecule has 3 heterocycles. The van der Waals surface area contributed by atoms with Crippen molar-refractivity contribution in [1.29, 1.82) is 0 Å². The molecule has 1 amide bonds. The molecule has 0 unspecified atom stereocenters. The molecule has 1 aromatic rings. The molecule has 2 fully saturated rings. The van der Waals surface area contributed by atoms with Crippen LogP contribution in [-0.2, 0) is 9.53 Å². The Morgan fingerprint density at radius 3 is 2.62 bits per heavy atom. The summed E-state index contributed by atoms with van der Waals surface area (Å²) in [5, 5.41) is 28.7. The summed E-state index contributed by atoms with van der Waals surface area (Å²) in [5.74, 6) is 0.0297. The van der Waals surface area contributed by atoms with Crippen LogP contribution in [-0.4, -0.2) is 69.1 Å². The number of nitrogens with zero attached hydrogens (tertiary/aromatic N) is 2. The number of aliphatic hydroxyl groups excluding tert-OH is 3. The molecular formula is C15H20N2O7. The highest BCUT2D eigenvalue weighted by Gasteiger charge is 2.44. The van der Waals surface area contributed by atoms with E-state index in [-0.39, 0.29) is 11.9 Å². The van der Waals surface area contributed by atoms with Gasteiger partial charge in [0.05, 0.1) is 18.8 Å². The summed E-state index contributed by atoms with van der Waals surface area (Å²) in [6.45, 7) is -0.484. The molecule has 1 aromatic heterocycles. The molecule has 5 atom stereocenters. The number of amides is 1. The molecule has 132 valence electrons. The van der Waals surface area contributed by atoms with Crippen molar-refractivity contribution in [2.75, 3.05) is 13.7 Å². The van der Waals surface area contributed by atoms with E-state index in [1.54, 1.807) is 18.0 Å². The third-order valence-corrected chi connectivity index (χ3v) is 4.50. The van der Waals surface area contributed by atoms with Crippen LogP contribution in [0.3, 0.4) is 0 Å². The van der Waals surface area contributed by atoms with Gasteiger partial charge in [-0.05, 0) is 18.1 Å². The minimum absolute atomic E-state index is 0.0297. The molecule has 24 heavy (non-hydrogen) atoms. The van der Waals surface area contributed by atoms with E-state index in [2.05, 4.69) is 0 Å². The van der Waals surface area contributed by atoms with Crippen molar-refractivity contribution in [3.05, 3.63) is 34.2 Å². The first kappa shape index (κ1) is 16.9. The SMILES string of the molecule is CN1C(=O)CC[C@H]1c1ccc(=O)n(O[C@@H]2O[C@H](CO)[C@@H](O)[C@H]2O)c1. The summed E-state index contributed by atoms with van der Waals surface area (Å²) in [6, 6.07) is 2.77. The van der Waals surface area contributed by atoms with Gasteiger partial charge in [0.2, 0.25) is 5.91 Å². The fourth-order valence-electron chi connectivity index (χ4n) is 3.02. The smallest absolute Gasteiger partial charge is 0.283 e. The molecule has 0 radical (unpaired) electrons. The first-order valence-electron chi connectivity index (χ1n) is 7.70. The van der Waals surface area contributed by atoms with Crippen molar-refractivity contribution in [3.8, 4) is 0 Å². The number of rotatable bonds is 4. The van der Waals surface area contributed by atoms with Gasteiger partial charge in [0.25, 0.3) is 11.8 Å². The monoisotopic (exact) mass is 340 g/mol. The zero-order valence-electron chi connectivity index (χ0n) is 13.1. The highest BCUT2D eigenvalue weighted by Crippen LogP contribution is 2.30. The minimum atomic E-state index is -1.39. The molecule has 0 aromatic carbocycles. The molecule has 0 spiro atoms. The molecule has 9 heteroatoms. The lowest BCUT2D eigenvalue weighted by Gasteiger charge is -2.22. The van der Waals surface area contributed by atoms with Gasteiger partial charge in [-0.25, -0.2) is 0 Å². The molecule has 3 rings (SSSR count). The maximum Gasteiger partial charge on any atom is 0.283 e. The van der Waals surface area contributed by atoms with Gasteiger partial charge in [0.1, 0.15) is 18.3 Å². The summed E-state index contributed by atoms with van der Waals surface area (Å²) in [6.07, 6.45) is -2.45. The van der Waals surface area contributed by atoms with E-state index >= 15 is 0 Å². The van der Waals surface area contributed by atoms with Gasteiger partial charge in [-0.1, -0.05) is 0 Å². The maximum atomic E-state index is 12.0. The van der Waals surface area contributed by atoms with Crippen LogP contribution in [0.5, 0.6) is 0 Å². The Morgan fingerprint density at radius 2 is 2.04 bits per heavy atom. The molecular weight excluding hydrogens is 320 g/mol. The molecule has 0 bridgehead atoms. The van der Waals surface area contributed by atoms with E-state index in [0.29, 0.717) is 12.8 Å². The quantitative estimate of drug-likeness (QED) is 0.580. The Morgan fingerprint density at radius 1 is 1.29 bits per heavy atom. The van der Waals surface area contributed by atoms with E-state index in [9.17, 15) is 19.8 Å². The minimum Gasteiger partial charge on any atom is -0.394 e. The van der Waals surface area contributed by atoms with Crippen molar-refractivity contribution in [2.24, 2.45) is 0 Å². The van der Waals surface area contributed by atoms with Crippen molar-refractivity contribution in [2.45, 2.75) is 43.5 Å². The van der Waals surface area contributed by atoms with Crippen LogP contribution in [0, 0.1) is 0 Å². The lowest BCUT2D eigenvalue weighted by molar-refractivity contribution is -0.173. The number of hydrogen-bond donors (Lipinski definition) is 3. The van der Waals surface area contributed by atoms with Crippen molar-refractivity contribution in [1.82, 2.24) is 9.63 Å². The number of hydrogen-bond acceptors (Lipinski definition) is 7. The average molecular weight is 340 g/mol. The summed E-state index contributed by atoms with van der Waals surface area (Å²) in [4.78, 5) is 30.6. The second-order valence-corrected chi connectivity index (χ2v) is 6.00. The molecule has 2 aliphatic rings. The van der Waals surface area contributed by atoms with Crippen LogP contribution < -0.4 is 10.4 Å². The van der Waals surface area contributed by atoms with Gasteiger partial charge in [-0.15, -0.1) is 4.73 Å². The van der Waals surface area contributed by atoms with Gasteiger partial charge in [0.15, 0.2) is 0 Å². The third-order valence-electron chi connectivity index (χ3n) is 4.50. The fraction of sp³-hybridized carbons (Fsp3) is 0.600. The molecule has 3 N–H and O–H groups in total. The van der Waals surface area contributed by atoms with E-state index in [1.807, 2.05) is 0 Å². The number of carbonyl (C=O) groups is 1. The third kappa shape index (κ3) is 2.91. The molecule has 0 aliphatic carbocycles. The standard InChI is InChI=1S/C15H20N2O7/c1-16-9(3-5-11(16)19)8-2-4-12(20)17(6-8)24-15-14(22)13(21)10(7-18)23-15/h2,4,6,9-10,13-15,18,21-22H,3,5,7H2,1H3/t9-,10+,13+,14+,15-/m0/s1. The summed E-state index contributed by atoms with van der Waals surface area (Å²) >= 11 is 0. The molecule has 2 saturated heterocycles. The Labute approximate surface area is 137 Å². The van der Waals surface area contributed by atoms with Crippen molar-refractivity contribution in [3.63, 3.8) is 0 Å². The number of likely N-dealkylation sites (tertiary alicyclic amines) is 1. The van der Waals surface area contributed by atoms with E-state index < -0.39 is 36.8 Å². The maximum absolute atomic E-state index is 12.0. The van der Waals surface area contributed by atoms with E-state index in [1.165, 1.54) is 12.3 Å². The number of pyridine rings is 1. The zero-order valence-corrected chi connectivity index (χ0v) is 13.1. The van der Waals surface area contributed by atoms with Gasteiger partial charge in [0, 0.05) is 19.5 Å². The summed E-state index contributed by atoms with van der Waals surface area (Å²) < 4.78 is 6.11. The van der Waals surface area contributed by atoms with Crippen LogP contribution in [0.25, 0.3) is 0 Å². The lowest BCUT2D eigenvalue weighted by Crippen LogP contribution is -2.41. The first-order chi connectivity index (χ1) is 11.4. The van der Waals surface area contributed by atoms with Crippen LogP contribution in [0.15, 0.2) is 23.1 Å². The number of ether oxygens (including phenoxy) is 1. The second kappa shape index (κ2) is 6.52. The first-order valence-corrected chi connectivity index (χ1v) is 7.70. The van der Waals surface area contributed by atoms with Gasteiger partial charge in [-0.2, -0.15) is 0 Å². The van der Waals surface area contributed by atoms with E-state index in [4.69, 9.17) is 14.7 Å². The summed E-state index contributed by atoms with van der Waals surface area (Å²) in [7, 11) is 1.70. The predicted octanol–water partition coefficient (Wildman–Crippen LogP) is -1.99. The number of aliphatic hydroxyl groups is 3.